The number of benzene rings is 2. The number of nitrogens with one attached hydrogen (secondary N) is 2. The van der Waals surface area contributed by atoms with E-state index < -0.39 is 0 Å². The van der Waals surface area contributed by atoms with Crippen molar-refractivity contribution in [3.05, 3.63) is 64.6 Å². The van der Waals surface area contributed by atoms with E-state index >= 15 is 0 Å². The number of H-pyrrole nitrogens is 1. The molecule has 1 aromatic heterocycles. The molecule has 7 nitrogen and oxygen atoms in total. The lowest BCUT2D eigenvalue weighted by Gasteiger charge is -2.25. The Balaban J connectivity index is 1.35. The minimum atomic E-state index is 0.000767. The molecule has 0 unspecified atom stereocenters. The minimum Gasteiger partial charge on any atom is -0.494 e. The van der Waals surface area contributed by atoms with Gasteiger partial charge in [0.25, 0.3) is 0 Å². The first-order valence-corrected chi connectivity index (χ1v) is 10.8. The highest BCUT2D eigenvalue weighted by Crippen LogP contribution is 2.31. The highest BCUT2D eigenvalue weighted by atomic mass is 16.3. The molecule has 2 aliphatic heterocycles. The van der Waals surface area contributed by atoms with E-state index in [9.17, 15) is 9.90 Å². The quantitative estimate of drug-likeness (QED) is 0.598. The van der Waals surface area contributed by atoms with Gasteiger partial charge in [-0.1, -0.05) is 18.6 Å². The molecule has 7 heteroatoms. The fourth-order valence-electron chi connectivity index (χ4n) is 4.21. The zero-order valence-corrected chi connectivity index (χ0v) is 17.3. The normalized spacial score (nSPS) is 15.9. The smallest absolute Gasteiger partial charge is 0.225 e. The molecular formula is C24H25N5O2. The Kier molecular flexibility index (Phi) is 5.26. The maximum atomic E-state index is 12.4. The molecule has 0 radical (unpaired) electrons. The van der Waals surface area contributed by atoms with Crippen molar-refractivity contribution in [3.63, 3.8) is 0 Å². The number of fused-ring (bicyclic) bond motifs is 2. The summed E-state index contributed by atoms with van der Waals surface area (Å²) in [5.41, 5.74) is 2.10. The van der Waals surface area contributed by atoms with Gasteiger partial charge in [-0.2, -0.15) is 0 Å². The lowest BCUT2D eigenvalue weighted by atomic mass is 10.1. The Hall–Kier alpha value is -3.45. The number of amides is 1. The van der Waals surface area contributed by atoms with Gasteiger partial charge in [0, 0.05) is 35.1 Å². The number of likely N-dealkylation sites (tertiary alicyclic amines) is 1. The van der Waals surface area contributed by atoms with E-state index in [1.165, 1.54) is 19.3 Å². The third-order valence-corrected chi connectivity index (χ3v) is 5.83. The zero-order valence-electron chi connectivity index (χ0n) is 17.3. The number of nitrogens with zero attached hydrogens (tertiary/aromatic N) is 3. The predicted molar refractivity (Wildman–Crippen MR) is 120 cm³/mol. The molecule has 3 heterocycles. The first-order chi connectivity index (χ1) is 15.2. The second kappa shape index (κ2) is 8.35. The number of aromatic hydroxyl groups is 1. The zero-order chi connectivity index (χ0) is 21.2. The molecule has 0 saturated carbocycles. The molecule has 5 rings (SSSR count). The molecule has 0 spiro atoms. The van der Waals surface area contributed by atoms with Crippen LogP contribution in [0.2, 0.25) is 0 Å². The Bertz CT molecular complexity index is 1250. The third kappa shape index (κ3) is 4.22. The van der Waals surface area contributed by atoms with Crippen LogP contribution in [-0.2, 0) is 4.79 Å². The Morgan fingerprint density at radius 3 is 2.58 bits per heavy atom. The van der Waals surface area contributed by atoms with Crippen molar-refractivity contribution in [2.75, 3.05) is 25.0 Å². The van der Waals surface area contributed by atoms with Crippen molar-refractivity contribution in [2.24, 2.45) is 9.98 Å². The maximum Gasteiger partial charge on any atom is 0.225 e. The third-order valence-electron chi connectivity index (χ3n) is 5.83. The summed E-state index contributed by atoms with van der Waals surface area (Å²) < 4.78 is 0. The van der Waals surface area contributed by atoms with Crippen LogP contribution in [0.4, 0.5) is 5.69 Å². The Morgan fingerprint density at radius 1 is 1.10 bits per heavy atom. The fraction of sp³-hybridized carbons (Fsp3) is 0.292. The fourth-order valence-corrected chi connectivity index (χ4v) is 4.21. The summed E-state index contributed by atoms with van der Waals surface area (Å²) in [7, 11) is 0. The highest BCUT2D eigenvalue weighted by molar-refractivity contribution is 5.98. The average molecular weight is 415 g/mol. The standard InChI is InChI=1S/C24H25N5O2/c30-23(10-13-29-11-4-1-5-12-29)25-16-8-9-19-17(14-16)18(24(31)28-19)15-22-26-20-6-2-3-7-21(20)27-22/h2-3,6-9,14-15,28,31H,1,4-5,10-13H2,(H,25,30). The lowest BCUT2D eigenvalue weighted by Crippen LogP contribution is -2.32. The summed E-state index contributed by atoms with van der Waals surface area (Å²) in [6.07, 6.45) is 5.96. The number of anilines is 1. The number of aromatic nitrogens is 1. The molecule has 0 bridgehead atoms. The van der Waals surface area contributed by atoms with Crippen LogP contribution in [0, 0.1) is 0 Å². The van der Waals surface area contributed by atoms with Gasteiger partial charge in [0.2, 0.25) is 5.91 Å². The van der Waals surface area contributed by atoms with Gasteiger partial charge >= 0.3 is 0 Å². The van der Waals surface area contributed by atoms with Gasteiger partial charge in [-0.15, -0.1) is 0 Å². The van der Waals surface area contributed by atoms with Gasteiger partial charge in [-0.25, -0.2) is 9.98 Å². The lowest BCUT2D eigenvalue weighted by molar-refractivity contribution is -0.116. The van der Waals surface area contributed by atoms with Crippen molar-refractivity contribution >= 4 is 28.6 Å². The Labute approximate surface area is 179 Å². The molecule has 0 aliphatic carbocycles. The first kappa shape index (κ1) is 19.5. The van der Waals surface area contributed by atoms with E-state index in [4.69, 9.17) is 0 Å². The van der Waals surface area contributed by atoms with E-state index in [2.05, 4.69) is 25.2 Å². The van der Waals surface area contributed by atoms with Crippen molar-refractivity contribution in [3.8, 4) is 5.88 Å². The van der Waals surface area contributed by atoms with E-state index in [1.54, 1.807) is 6.08 Å². The molecule has 31 heavy (non-hydrogen) atoms. The number of piperidine rings is 1. The van der Waals surface area contributed by atoms with Crippen LogP contribution in [0.3, 0.4) is 0 Å². The monoisotopic (exact) mass is 415 g/mol. The number of carbonyl (C=O) groups is 1. The van der Waals surface area contributed by atoms with Crippen LogP contribution in [-0.4, -0.2) is 40.5 Å². The minimum absolute atomic E-state index is 0.000767. The highest BCUT2D eigenvalue weighted by Gasteiger charge is 2.14. The summed E-state index contributed by atoms with van der Waals surface area (Å²) in [4.78, 5) is 26.8. The predicted octanol–water partition coefficient (Wildman–Crippen LogP) is 2.94. The molecule has 2 aliphatic rings. The van der Waals surface area contributed by atoms with Crippen LogP contribution in [0.5, 0.6) is 5.88 Å². The van der Waals surface area contributed by atoms with Gasteiger partial charge in [-0.05, 0) is 62.3 Å². The van der Waals surface area contributed by atoms with Crippen LogP contribution in [0.1, 0.15) is 31.2 Å². The summed E-state index contributed by atoms with van der Waals surface area (Å²) in [6, 6.07) is 13.2. The van der Waals surface area contributed by atoms with E-state index in [-0.39, 0.29) is 11.8 Å². The van der Waals surface area contributed by atoms with Gasteiger partial charge in [0.05, 0.1) is 10.7 Å². The van der Waals surface area contributed by atoms with E-state index in [1.807, 2.05) is 42.5 Å². The number of aromatic amines is 1. The Morgan fingerprint density at radius 2 is 1.84 bits per heavy atom. The number of carbonyl (C=O) groups excluding carboxylic acids is 1. The summed E-state index contributed by atoms with van der Waals surface area (Å²) in [5, 5.41) is 15.9. The SMILES string of the molecule is O=C(CCN1CCCCC1)Nc1ccc2[nH]c(O)c(C=C3N=c4ccccc4=N3)c2c1. The van der Waals surface area contributed by atoms with Crippen molar-refractivity contribution in [2.45, 2.75) is 25.7 Å². The maximum absolute atomic E-state index is 12.4. The molecular weight excluding hydrogens is 390 g/mol. The average Bonchev–Trinajstić information content (AvgIpc) is 3.33. The molecule has 3 N–H and O–H groups in total. The number of rotatable bonds is 5. The number of para-hydroxylation sites is 2. The first-order valence-electron chi connectivity index (χ1n) is 10.8. The molecule has 158 valence electrons. The second-order valence-corrected chi connectivity index (χ2v) is 8.06. The number of hydrogen-bond acceptors (Lipinski definition) is 5. The van der Waals surface area contributed by atoms with E-state index in [0.29, 0.717) is 23.5 Å². The molecule has 3 aromatic rings. The number of hydrogen-bond donors (Lipinski definition) is 3. The topological polar surface area (TPSA) is 93.1 Å². The summed E-state index contributed by atoms with van der Waals surface area (Å²) in [6.45, 7) is 2.96. The van der Waals surface area contributed by atoms with Crippen molar-refractivity contribution in [1.82, 2.24) is 9.88 Å². The van der Waals surface area contributed by atoms with E-state index in [0.717, 1.165) is 41.3 Å². The van der Waals surface area contributed by atoms with Crippen LogP contribution in [0.25, 0.3) is 17.0 Å². The molecule has 1 saturated heterocycles. The van der Waals surface area contributed by atoms with Crippen LogP contribution < -0.4 is 16.0 Å². The molecule has 0 atom stereocenters. The summed E-state index contributed by atoms with van der Waals surface area (Å²) in [5.74, 6) is 0.589. The molecule has 2 aromatic carbocycles. The van der Waals surface area contributed by atoms with Crippen LogP contribution in [0.15, 0.2) is 58.3 Å². The second-order valence-electron chi connectivity index (χ2n) is 8.06. The van der Waals surface area contributed by atoms with Crippen molar-refractivity contribution in [1.29, 1.82) is 0 Å². The van der Waals surface area contributed by atoms with Gasteiger partial charge in [-0.3, -0.25) is 4.79 Å². The van der Waals surface area contributed by atoms with Crippen LogP contribution >= 0.6 is 0 Å². The van der Waals surface area contributed by atoms with Crippen molar-refractivity contribution < 1.29 is 9.90 Å². The molecule has 1 fully saturated rings. The molecule has 1 amide bonds. The largest absolute Gasteiger partial charge is 0.494 e. The van der Waals surface area contributed by atoms with Gasteiger partial charge < -0.3 is 20.3 Å². The summed E-state index contributed by atoms with van der Waals surface area (Å²) >= 11 is 0. The van der Waals surface area contributed by atoms with Gasteiger partial charge in [0.1, 0.15) is 0 Å². The van der Waals surface area contributed by atoms with Gasteiger partial charge in [0.15, 0.2) is 11.7 Å².